The molecular formula is C12H11N5OS. The zero-order valence-electron chi connectivity index (χ0n) is 10.4. The summed E-state index contributed by atoms with van der Waals surface area (Å²) in [6, 6.07) is 1.86. The summed E-state index contributed by atoms with van der Waals surface area (Å²) in [6.45, 7) is 3.81. The van der Waals surface area contributed by atoms with Gasteiger partial charge in [-0.2, -0.15) is 0 Å². The smallest absolute Gasteiger partial charge is 0.262 e. The molecule has 0 atom stereocenters. The second-order valence-corrected chi connectivity index (χ2v) is 4.88. The molecule has 0 N–H and O–H groups in total. The minimum atomic E-state index is 0.588. The predicted octanol–water partition coefficient (Wildman–Crippen LogP) is 2.42. The van der Waals surface area contributed by atoms with Crippen molar-refractivity contribution in [2.24, 2.45) is 0 Å². The highest BCUT2D eigenvalue weighted by Crippen LogP contribution is 2.27. The van der Waals surface area contributed by atoms with Crippen LogP contribution in [0.2, 0.25) is 0 Å². The maximum Gasteiger partial charge on any atom is 0.262 e. The van der Waals surface area contributed by atoms with E-state index in [0.29, 0.717) is 5.22 Å². The monoisotopic (exact) mass is 273 g/mol. The maximum absolute atomic E-state index is 5.52. The zero-order chi connectivity index (χ0) is 13.2. The molecule has 7 heteroatoms. The topological polar surface area (TPSA) is 69.6 Å². The van der Waals surface area contributed by atoms with E-state index in [-0.39, 0.29) is 0 Å². The molecule has 6 nitrogen and oxygen atoms in total. The van der Waals surface area contributed by atoms with Gasteiger partial charge in [-0.05, 0) is 25.6 Å². The van der Waals surface area contributed by atoms with Gasteiger partial charge in [-0.25, -0.2) is 19.9 Å². The molecule has 0 unspecified atom stereocenters. The van der Waals surface area contributed by atoms with E-state index in [2.05, 4.69) is 19.9 Å². The third-order valence-electron chi connectivity index (χ3n) is 2.60. The molecule has 3 aromatic heterocycles. The van der Waals surface area contributed by atoms with Gasteiger partial charge in [0, 0.05) is 18.5 Å². The zero-order valence-corrected chi connectivity index (χ0v) is 11.3. The number of rotatable bonds is 3. The fourth-order valence-corrected chi connectivity index (χ4v) is 2.29. The third-order valence-corrected chi connectivity index (χ3v) is 3.38. The van der Waals surface area contributed by atoms with Gasteiger partial charge < -0.3 is 4.42 Å². The molecule has 0 fully saturated rings. The van der Waals surface area contributed by atoms with Crippen LogP contribution < -0.4 is 0 Å². The third kappa shape index (κ3) is 2.50. The quantitative estimate of drug-likeness (QED) is 0.682. The van der Waals surface area contributed by atoms with Crippen molar-refractivity contribution >= 4 is 11.8 Å². The Morgan fingerprint density at radius 3 is 2.84 bits per heavy atom. The number of aryl methyl sites for hydroxylation is 2. The first kappa shape index (κ1) is 11.9. The molecule has 19 heavy (non-hydrogen) atoms. The number of nitrogens with zero attached hydrogens (tertiary/aromatic N) is 5. The second-order valence-electron chi connectivity index (χ2n) is 3.91. The molecular weight excluding hydrogens is 262 g/mol. The van der Waals surface area contributed by atoms with Crippen LogP contribution in [-0.2, 0) is 0 Å². The normalized spacial score (nSPS) is 10.8. The average Bonchev–Trinajstić information content (AvgIpc) is 3.01. The van der Waals surface area contributed by atoms with E-state index in [1.165, 1.54) is 18.1 Å². The highest BCUT2D eigenvalue weighted by molar-refractivity contribution is 7.99. The lowest BCUT2D eigenvalue weighted by atomic mass is 10.4. The van der Waals surface area contributed by atoms with Crippen molar-refractivity contribution < 1.29 is 4.42 Å². The standard InChI is InChI=1S/C12H11N5OS/c1-8-9(2)18-12(16-8)19-11-5-10(14-6-15-11)17-4-3-13-7-17/h3-7H,1-2H3. The van der Waals surface area contributed by atoms with E-state index in [4.69, 9.17) is 4.42 Å². The summed E-state index contributed by atoms with van der Waals surface area (Å²) < 4.78 is 7.34. The first-order valence-electron chi connectivity index (χ1n) is 5.64. The molecule has 0 bridgehead atoms. The predicted molar refractivity (Wildman–Crippen MR) is 69.3 cm³/mol. The number of imidazole rings is 1. The molecule has 0 aromatic carbocycles. The van der Waals surface area contributed by atoms with Crippen LogP contribution in [0.15, 0.2) is 45.8 Å². The summed E-state index contributed by atoms with van der Waals surface area (Å²) in [4.78, 5) is 16.7. The van der Waals surface area contributed by atoms with Crippen LogP contribution in [0.3, 0.4) is 0 Å². The van der Waals surface area contributed by atoms with Gasteiger partial charge in [-0.1, -0.05) is 0 Å². The Bertz CT molecular complexity index is 672. The van der Waals surface area contributed by atoms with Gasteiger partial charge in [-0.3, -0.25) is 4.57 Å². The fourth-order valence-electron chi connectivity index (χ4n) is 1.50. The summed E-state index contributed by atoms with van der Waals surface area (Å²) >= 11 is 1.37. The lowest BCUT2D eigenvalue weighted by Crippen LogP contribution is -1.95. The molecule has 0 radical (unpaired) electrons. The molecule has 3 aromatic rings. The van der Waals surface area contributed by atoms with Crippen molar-refractivity contribution in [3.05, 3.63) is 42.6 Å². The molecule has 0 saturated heterocycles. The fraction of sp³-hybridized carbons (Fsp3) is 0.167. The van der Waals surface area contributed by atoms with Crippen molar-refractivity contribution in [1.29, 1.82) is 0 Å². The Morgan fingerprint density at radius 2 is 2.16 bits per heavy atom. The van der Waals surface area contributed by atoms with Crippen molar-refractivity contribution in [3.8, 4) is 5.82 Å². The lowest BCUT2D eigenvalue weighted by molar-refractivity contribution is 0.431. The van der Waals surface area contributed by atoms with Crippen LogP contribution in [0.1, 0.15) is 11.5 Å². The Balaban J connectivity index is 1.87. The molecule has 0 aliphatic carbocycles. The van der Waals surface area contributed by atoms with Gasteiger partial charge in [-0.15, -0.1) is 0 Å². The number of hydrogen-bond donors (Lipinski definition) is 0. The van der Waals surface area contributed by atoms with Crippen molar-refractivity contribution in [3.63, 3.8) is 0 Å². The van der Waals surface area contributed by atoms with Gasteiger partial charge in [0.25, 0.3) is 5.22 Å². The van der Waals surface area contributed by atoms with Gasteiger partial charge in [0.05, 0.1) is 5.69 Å². The van der Waals surface area contributed by atoms with Gasteiger partial charge >= 0.3 is 0 Å². The van der Waals surface area contributed by atoms with Crippen molar-refractivity contribution in [1.82, 2.24) is 24.5 Å². The second kappa shape index (κ2) is 4.85. The van der Waals surface area contributed by atoms with Crippen LogP contribution in [0.25, 0.3) is 5.82 Å². The van der Waals surface area contributed by atoms with Crippen molar-refractivity contribution in [2.75, 3.05) is 0 Å². The molecule has 0 saturated carbocycles. The van der Waals surface area contributed by atoms with E-state index in [0.717, 1.165) is 22.3 Å². The lowest BCUT2D eigenvalue weighted by Gasteiger charge is -2.01. The van der Waals surface area contributed by atoms with E-state index < -0.39 is 0 Å². The van der Waals surface area contributed by atoms with Crippen LogP contribution in [0, 0.1) is 13.8 Å². The Kier molecular flexibility index (Phi) is 3.04. The molecule has 3 heterocycles. The molecule has 0 aliphatic heterocycles. The van der Waals surface area contributed by atoms with Crippen LogP contribution in [-0.4, -0.2) is 24.5 Å². The Hall–Kier alpha value is -2.15. The van der Waals surface area contributed by atoms with E-state index in [1.54, 1.807) is 12.5 Å². The van der Waals surface area contributed by atoms with Crippen LogP contribution in [0.4, 0.5) is 0 Å². The van der Waals surface area contributed by atoms with E-state index >= 15 is 0 Å². The molecule has 0 spiro atoms. The first-order chi connectivity index (χ1) is 9.22. The summed E-state index contributed by atoms with van der Waals surface area (Å²) in [7, 11) is 0. The van der Waals surface area contributed by atoms with Crippen LogP contribution in [0.5, 0.6) is 0 Å². The van der Waals surface area contributed by atoms with Gasteiger partial charge in [0.1, 0.15) is 29.3 Å². The van der Waals surface area contributed by atoms with E-state index in [9.17, 15) is 0 Å². The van der Waals surface area contributed by atoms with Crippen molar-refractivity contribution in [2.45, 2.75) is 24.1 Å². The van der Waals surface area contributed by atoms with Gasteiger partial charge in [0.15, 0.2) is 0 Å². The largest absolute Gasteiger partial charge is 0.436 e. The summed E-state index contributed by atoms with van der Waals surface area (Å²) in [6.07, 6.45) is 6.74. The SMILES string of the molecule is Cc1nc(Sc2cc(-n3ccnc3)ncn2)oc1C. The molecule has 0 aliphatic rings. The average molecular weight is 273 g/mol. The summed E-state index contributed by atoms with van der Waals surface area (Å²) in [5, 5.41) is 1.37. The van der Waals surface area contributed by atoms with Crippen LogP contribution >= 0.6 is 11.8 Å². The summed E-state index contributed by atoms with van der Waals surface area (Å²) in [5.74, 6) is 1.58. The Morgan fingerprint density at radius 1 is 1.26 bits per heavy atom. The maximum atomic E-state index is 5.52. The summed E-state index contributed by atoms with van der Waals surface area (Å²) in [5.41, 5.74) is 0.895. The molecule has 3 rings (SSSR count). The number of aromatic nitrogens is 5. The van der Waals surface area contributed by atoms with Gasteiger partial charge in [0.2, 0.25) is 0 Å². The number of oxazole rings is 1. The highest BCUT2D eigenvalue weighted by atomic mass is 32.2. The minimum Gasteiger partial charge on any atom is -0.436 e. The highest BCUT2D eigenvalue weighted by Gasteiger charge is 2.09. The minimum absolute atomic E-state index is 0.588. The molecule has 0 amide bonds. The Labute approximate surface area is 113 Å². The van der Waals surface area contributed by atoms with E-state index in [1.807, 2.05) is 30.7 Å². The number of hydrogen-bond acceptors (Lipinski definition) is 6. The first-order valence-corrected chi connectivity index (χ1v) is 6.46. The molecule has 96 valence electrons.